The lowest BCUT2D eigenvalue weighted by atomic mass is 10.1. The molecule has 0 heterocycles. The lowest BCUT2D eigenvalue weighted by Crippen LogP contribution is -2.30. The average molecular weight is 388 g/mol. The summed E-state index contributed by atoms with van der Waals surface area (Å²) < 4.78 is 17.8. The van der Waals surface area contributed by atoms with Crippen molar-refractivity contribution in [1.82, 2.24) is 0 Å². The van der Waals surface area contributed by atoms with Crippen LogP contribution in [0.5, 0.6) is 0 Å². The molecule has 1 unspecified atom stereocenters. The van der Waals surface area contributed by atoms with Gasteiger partial charge in [-0.2, -0.15) is 0 Å². The van der Waals surface area contributed by atoms with Crippen molar-refractivity contribution in [3.8, 4) is 0 Å². The quantitative estimate of drug-likeness (QED) is 0.321. The van der Waals surface area contributed by atoms with E-state index in [1.165, 1.54) is 43.3 Å². The number of ketones is 1. The number of Topliss-reactive ketones (excluding diaryl/α,β-unsaturated/α-hetero) is 1. The molecule has 0 radical (unpaired) electrons. The number of amides is 1. The first kappa shape index (κ1) is 20.7. The summed E-state index contributed by atoms with van der Waals surface area (Å²) in [5.41, 5.74) is 0.464. The summed E-state index contributed by atoms with van der Waals surface area (Å²) in [5.74, 6) is -2.17. The Kier molecular flexibility index (Phi) is 6.91. The minimum Gasteiger partial charge on any atom is -0.453 e. The molecule has 2 rings (SSSR count). The van der Waals surface area contributed by atoms with Crippen LogP contribution in [-0.2, 0) is 14.3 Å². The number of hydrogen-bond donors (Lipinski definition) is 1. The van der Waals surface area contributed by atoms with Gasteiger partial charge >= 0.3 is 5.97 Å². The van der Waals surface area contributed by atoms with Gasteiger partial charge in [0.1, 0.15) is 5.82 Å². The van der Waals surface area contributed by atoms with Crippen LogP contribution >= 0.6 is 0 Å². The second-order valence-corrected chi connectivity index (χ2v) is 5.86. The number of nitro benzene ring substituents is 1. The number of benzene rings is 2. The molecular weight excluding hydrogens is 371 g/mol. The Labute approximate surface area is 159 Å². The highest BCUT2D eigenvalue weighted by molar-refractivity contribution is 5.98. The number of halogens is 1. The molecule has 0 spiro atoms. The predicted molar refractivity (Wildman–Crippen MR) is 97.2 cm³/mol. The van der Waals surface area contributed by atoms with Crippen LogP contribution in [0.15, 0.2) is 48.5 Å². The summed E-state index contributed by atoms with van der Waals surface area (Å²) in [6, 6.07) is 10.1. The molecule has 0 aliphatic heterocycles. The molecular formula is C19H17FN2O6. The molecule has 0 fully saturated rings. The zero-order chi connectivity index (χ0) is 20.7. The molecule has 0 aliphatic rings. The number of anilines is 1. The minimum absolute atomic E-state index is 0.122. The Hall–Kier alpha value is -3.62. The first-order chi connectivity index (χ1) is 13.3. The molecule has 1 atom stereocenters. The summed E-state index contributed by atoms with van der Waals surface area (Å²) in [6.07, 6.45) is -1.49. The Morgan fingerprint density at radius 1 is 1.07 bits per heavy atom. The van der Waals surface area contributed by atoms with Gasteiger partial charge in [0.15, 0.2) is 11.9 Å². The van der Waals surface area contributed by atoms with E-state index in [0.29, 0.717) is 5.69 Å². The molecule has 9 heteroatoms. The first-order valence-electron chi connectivity index (χ1n) is 8.30. The fourth-order valence-corrected chi connectivity index (χ4v) is 2.22. The third kappa shape index (κ3) is 5.97. The summed E-state index contributed by atoms with van der Waals surface area (Å²) in [5, 5.41) is 13.1. The van der Waals surface area contributed by atoms with Gasteiger partial charge < -0.3 is 10.1 Å². The third-order valence-corrected chi connectivity index (χ3v) is 3.75. The average Bonchev–Trinajstić information content (AvgIpc) is 2.67. The Balaban J connectivity index is 1.80. The van der Waals surface area contributed by atoms with Crippen molar-refractivity contribution in [3.63, 3.8) is 0 Å². The molecule has 1 N–H and O–H groups in total. The van der Waals surface area contributed by atoms with E-state index in [1.54, 1.807) is 0 Å². The highest BCUT2D eigenvalue weighted by atomic mass is 19.1. The summed E-state index contributed by atoms with van der Waals surface area (Å²) in [7, 11) is 0. The number of rotatable bonds is 8. The van der Waals surface area contributed by atoms with Gasteiger partial charge in [0.2, 0.25) is 0 Å². The van der Waals surface area contributed by atoms with E-state index in [4.69, 9.17) is 4.74 Å². The van der Waals surface area contributed by atoms with Crippen LogP contribution in [0.3, 0.4) is 0 Å². The molecule has 0 aliphatic carbocycles. The lowest BCUT2D eigenvalue weighted by Gasteiger charge is -2.13. The largest absolute Gasteiger partial charge is 0.453 e. The maximum Gasteiger partial charge on any atom is 0.307 e. The topological polar surface area (TPSA) is 116 Å². The van der Waals surface area contributed by atoms with Gasteiger partial charge in [-0.1, -0.05) is 0 Å². The van der Waals surface area contributed by atoms with Crippen LogP contribution in [0.25, 0.3) is 0 Å². The van der Waals surface area contributed by atoms with E-state index in [2.05, 4.69) is 5.32 Å². The Morgan fingerprint density at radius 3 is 2.25 bits per heavy atom. The van der Waals surface area contributed by atoms with E-state index in [-0.39, 0.29) is 29.9 Å². The maximum atomic E-state index is 12.8. The smallest absolute Gasteiger partial charge is 0.307 e. The van der Waals surface area contributed by atoms with Crippen LogP contribution < -0.4 is 5.32 Å². The number of nitrogens with one attached hydrogen (secondary N) is 1. The van der Waals surface area contributed by atoms with Gasteiger partial charge in [-0.3, -0.25) is 24.5 Å². The molecule has 1 amide bonds. The molecule has 2 aromatic rings. The number of nitrogens with zero attached hydrogens (tertiary/aromatic N) is 1. The number of non-ortho nitro benzene ring substituents is 1. The second kappa shape index (κ2) is 9.36. The monoisotopic (exact) mass is 388 g/mol. The fraction of sp³-hybridized carbons (Fsp3) is 0.211. The molecule has 0 bridgehead atoms. The van der Waals surface area contributed by atoms with Crippen molar-refractivity contribution in [2.45, 2.75) is 25.9 Å². The number of carbonyl (C=O) groups excluding carboxylic acids is 3. The van der Waals surface area contributed by atoms with Crippen molar-refractivity contribution >= 4 is 29.0 Å². The van der Waals surface area contributed by atoms with Gasteiger partial charge in [0.05, 0.1) is 11.3 Å². The summed E-state index contributed by atoms with van der Waals surface area (Å²) >= 11 is 0. The van der Waals surface area contributed by atoms with E-state index in [1.807, 2.05) is 0 Å². The van der Waals surface area contributed by atoms with E-state index in [0.717, 1.165) is 12.1 Å². The van der Waals surface area contributed by atoms with Crippen LogP contribution in [0, 0.1) is 15.9 Å². The highest BCUT2D eigenvalue weighted by Gasteiger charge is 2.19. The van der Waals surface area contributed by atoms with Crippen molar-refractivity contribution in [2.24, 2.45) is 0 Å². The Bertz CT molecular complexity index is 880. The standard InChI is InChI=1S/C19H17FN2O6/c1-12(19(25)21-15-6-8-16(9-7-15)22(26)27)28-18(24)11-10-17(23)13-2-4-14(20)5-3-13/h2-9,12H,10-11H2,1H3,(H,21,25). The number of hydrogen-bond acceptors (Lipinski definition) is 6. The number of nitro groups is 1. The maximum absolute atomic E-state index is 12.8. The lowest BCUT2D eigenvalue weighted by molar-refractivity contribution is -0.384. The van der Waals surface area contributed by atoms with Gasteiger partial charge in [-0.05, 0) is 43.3 Å². The van der Waals surface area contributed by atoms with Gasteiger partial charge in [0, 0.05) is 29.8 Å². The second-order valence-electron chi connectivity index (χ2n) is 5.86. The normalized spacial score (nSPS) is 11.4. The zero-order valence-corrected chi connectivity index (χ0v) is 14.9. The number of carbonyl (C=O) groups is 3. The van der Waals surface area contributed by atoms with Gasteiger partial charge in [0.25, 0.3) is 11.6 Å². The molecule has 8 nitrogen and oxygen atoms in total. The Morgan fingerprint density at radius 2 is 1.68 bits per heavy atom. The van der Waals surface area contributed by atoms with Crippen molar-refractivity contribution in [2.75, 3.05) is 5.32 Å². The third-order valence-electron chi connectivity index (χ3n) is 3.75. The summed E-state index contributed by atoms with van der Waals surface area (Å²) in [6.45, 7) is 1.36. The molecule has 0 saturated carbocycles. The van der Waals surface area contributed by atoms with Gasteiger partial charge in [-0.15, -0.1) is 0 Å². The SMILES string of the molecule is CC(OC(=O)CCC(=O)c1ccc(F)cc1)C(=O)Nc1ccc([N+](=O)[O-])cc1. The van der Waals surface area contributed by atoms with E-state index in [9.17, 15) is 28.9 Å². The molecule has 2 aromatic carbocycles. The van der Waals surface area contributed by atoms with Crippen LogP contribution in [0.2, 0.25) is 0 Å². The number of esters is 1. The molecule has 0 aromatic heterocycles. The van der Waals surface area contributed by atoms with Gasteiger partial charge in [-0.25, -0.2) is 4.39 Å². The first-order valence-corrected chi connectivity index (χ1v) is 8.30. The number of ether oxygens (including phenoxy) is 1. The van der Waals surface area contributed by atoms with Crippen molar-refractivity contribution in [3.05, 3.63) is 70.0 Å². The van der Waals surface area contributed by atoms with Crippen molar-refractivity contribution < 1.29 is 28.4 Å². The fourth-order valence-electron chi connectivity index (χ4n) is 2.22. The van der Waals surface area contributed by atoms with Crippen LogP contribution in [0.4, 0.5) is 15.8 Å². The minimum atomic E-state index is -1.12. The molecule has 0 saturated heterocycles. The van der Waals surface area contributed by atoms with Crippen molar-refractivity contribution in [1.29, 1.82) is 0 Å². The molecule has 146 valence electrons. The highest BCUT2D eigenvalue weighted by Crippen LogP contribution is 2.16. The van der Waals surface area contributed by atoms with Crippen LogP contribution in [-0.4, -0.2) is 28.7 Å². The van der Waals surface area contributed by atoms with E-state index >= 15 is 0 Å². The van der Waals surface area contributed by atoms with Crippen LogP contribution in [0.1, 0.15) is 30.1 Å². The summed E-state index contributed by atoms with van der Waals surface area (Å²) in [4.78, 5) is 45.8. The van der Waals surface area contributed by atoms with E-state index < -0.39 is 28.7 Å². The zero-order valence-electron chi connectivity index (χ0n) is 14.9. The predicted octanol–water partition coefficient (Wildman–Crippen LogP) is 3.27. The molecule has 28 heavy (non-hydrogen) atoms.